The zero-order chi connectivity index (χ0) is 14.5. The van der Waals surface area contributed by atoms with Crippen LogP contribution < -0.4 is 10.5 Å². The first-order chi connectivity index (χ1) is 9.39. The lowest BCUT2D eigenvalue weighted by molar-refractivity contribution is 0.0652. The topological polar surface area (TPSA) is 53.1 Å². The Labute approximate surface area is 123 Å². The molecule has 0 amide bonds. The monoisotopic (exact) mass is 291 g/mol. The van der Waals surface area contributed by atoms with Crippen molar-refractivity contribution in [3.63, 3.8) is 0 Å². The first-order valence-corrected chi connectivity index (χ1v) is 7.05. The minimum atomic E-state index is -0.266. The first kappa shape index (κ1) is 13.3. The molecule has 0 saturated heterocycles. The van der Waals surface area contributed by atoms with Crippen LogP contribution in [0.5, 0.6) is 5.75 Å². The van der Waals surface area contributed by atoms with E-state index < -0.39 is 0 Å². The van der Waals surface area contributed by atoms with Gasteiger partial charge in [-0.1, -0.05) is 29.8 Å². The van der Waals surface area contributed by atoms with Gasteiger partial charge in [-0.05, 0) is 26.8 Å². The molecule has 0 aliphatic carbocycles. The van der Waals surface area contributed by atoms with E-state index in [0.29, 0.717) is 10.8 Å². The molecule has 1 atom stereocenters. The Balaban J connectivity index is 2.15. The number of hydrogen-bond acceptors (Lipinski definition) is 3. The molecule has 1 aliphatic rings. The van der Waals surface area contributed by atoms with E-state index >= 15 is 0 Å². The van der Waals surface area contributed by atoms with Crippen LogP contribution in [-0.2, 0) is 0 Å². The molecule has 0 spiro atoms. The zero-order valence-corrected chi connectivity index (χ0v) is 12.6. The Kier molecular flexibility index (Phi) is 2.94. The predicted octanol–water partition coefficient (Wildman–Crippen LogP) is 3.58. The Morgan fingerprint density at radius 3 is 2.75 bits per heavy atom. The smallest absolute Gasteiger partial charge is 0.141 e. The third-order valence-corrected chi connectivity index (χ3v) is 4.16. The van der Waals surface area contributed by atoms with Crippen LogP contribution >= 0.6 is 11.6 Å². The Bertz CT molecular complexity index is 663. The fraction of sp³-hybridized carbons (Fsp3) is 0.400. The number of benzene rings is 1. The lowest BCUT2D eigenvalue weighted by Crippen LogP contribution is -2.37. The van der Waals surface area contributed by atoms with Crippen LogP contribution in [0.25, 0.3) is 0 Å². The number of ether oxygens (including phenoxy) is 1. The summed E-state index contributed by atoms with van der Waals surface area (Å²) in [5.41, 5.74) is 7.69. The fourth-order valence-electron chi connectivity index (χ4n) is 2.76. The van der Waals surface area contributed by atoms with Crippen LogP contribution in [0.3, 0.4) is 0 Å². The van der Waals surface area contributed by atoms with Gasteiger partial charge in [0.05, 0.1) is 11.7 Å². The minimum absolute atomic E-state index is 0.0427. The number of hydrogen-bond donors (Lipinski definition) is 1. The second-order valence-electron chi connectivity index (χ2n) is 5.85. The predicted molar refractivity (Wildman–Crippen MR) is 80.3 cm³/mol. The number of aromatic nitrogens is 2. The van der Waals surface area contributed by atoms with Gasteiger partial charge in [-0.3, -0.25) is 0 Å². The lowest BCUT2D eigenvalue weighted by atomic mass is 9.90. The molecule has 1 aliphatic heterocycles. The van der Waals surface area contributed by atoms with Crippen molar-refractivity contribution in [1.29, 1.82) is 0 Å². The molecule has 3 rings (SSSR count). The quantitative estimate of drug-likeness (QED) is 0.874. The Hall–Kier alpha value is -1.68. The van der Waals surface area contributed by atoms with Gasteiger partial charge in [-0.25, -0.2) is 4.68 Å². The number of aryl methyl sites for hydroxylation is 1. The molecule has 2 aromatic rings. The van der Waals surface area contributed by atoms with Crippen molar-refractivity contribution >= 4 is 17.4 Å². The number of para-hydroxylation sites is 1. The molecule has 2 N–H and O–H groups in total. The van der Waals surface area contributed by atoms with Crippen molar-refractivity contribution in [1.82, 2.24) is 9.78 Å². The van der Waals surface area contributed by atoms with E-state index in [1.807, 2.05) is 29.8 Å². The molecule has 20 heavy (non-hydrogen) atoms. The van der Waals surface area contributed by atoms with Gasteiger partial charge in [0.1, 0.15) is 22.2 Å². The number of nitrogen functional groups attached to an aromatic ring is 1. The zero-order valence-electron chi connectivity index (χ0n) is 11.9. The summed E-state index contributed by atoms with van der Waals surface area (Å²) in [6.45, 7) is 6.01. The van der Waals surface area contributed by atoms with Gasteiger partial charge in [0.15, 0.2) is 0 Å². The third-order valence-electron chi connectivity index (χ3n) is 3.69. The average molecular weight is 292 g/mol. The molecule has 5 heteroatoms. The molecule has 1 aromatic carbocycles. The molecule has 0 radical (unpaired) electrons. The van der Waals surface area contributed by atoms with Crippen LogP contribution in [0.1, 0.15) is 37.6 Å². The molecule has 1 aromatic heterocycles. The number of fused-ring (bicyclic) bond motifs is 1. The first-order valence-electron chi connectivity index (χ1n) is 6.67. The van der Waals surface area contributed by atoms with Gasteiger partial charge in [0.2, 0.25) is 0 Å². The Morgan fingerprint density at radius 1 is 1.40 bits per heavy atom. The highest BCUT2D eigenvalue weighted by Gasteiger charge is 2.36. The van der Waals surface area contributed by atoms with Crippen molar-refractivity contribution in [2.24, 2.45) is 0 Å². The van der Waals surface area contributed by atoms with Gasteiger partial charge < -0.3 is 10.5 Å². The molecular formula is C15H18ClN3O. The molecule has 4 nitrogen and oxygen atoms in total. The van der Waals surface area contributed by atoms with Crippen LogP contribution in [0.4, 0.5) is 5.82 Å². The minimum Gasteiger partial charge on any atom is -0.487 e. The third kappa shape index (κ3) is 2.04. The highest BCUT2D eigenvalue weighted by molar-refractivity contribution is 6.33. The number of rotatable bonds is 1. The summed E-state index contributed by atoms with van der Waals surface area (Å²) in [6.07, 6.45) is 0.797. The SMILES string of the molecule is Cc1nn(C2CC(C)(C)Oc3ccccc32)c(N)c1Cl. The van der Waals surface area contributed by atoms with E-state index in [-0.39, 0.29) is 11.6 Å². The number of halogens is 1. The average Bonchev–Trinajstić information content (AvgIpc) is 2.64. The molecule has 2 heterocycles. The standard InChI is InChI=1S/C15H18ClN3O/c1-9-13(16)14(17)19(18-9)11-8-15(2,3)20-12-7-5-4-6-10(11)12/h4-7,11H,8,17H2,1-3H3. The van der Waals surface area contributed by atoms with Gasteiger partial charge in [-0.2, -0.15) is 5.10 Å². The van der Waals surface area contributed by atoms with Crippen LogP contribution in [0.15, 0.2) is 24.3 Å². The molecule has 0 fully saturated rings. The number of anilines is 1. The highest BCUT2D eigenvalue weighted by Crippen LogP contribution is 2.42. The maximum atomic E-state index is 6.18. The van der Waals surface area contributed by atoms with Crippen LogP contribution in [0.2, 0.25) is 5.02 Å². The lowest BCUT2D eigenvalue weighted by Gasteiger charge is -2.37. The van der Waals surface area contributed by atoms with Crippen molar-refractivity contribution in [3.8, 4) is 5.75 Å². The van der Waals surface area contributed by atoms with Gasteiger partial charge in [0.25, 0.3) is 0 Å². The maximum absolute atomic E-state index is 6.18. The molecule has 0 saturated carbocycles. The summed E-state index contributed by atoms with van der Waals surface area (Å²) in [5.74, 6) is 1.40. The van der Waals surface area contributed by atoms with Gasteiger partial charge in [-0.15, -0.1) is 0 Å². The number of nitrogens with two attached hydrogens (primary N) is 1. The van der Waals surface area contributed by atoms with E-state index in [1.165, 1.54) is 0 Å². The second kappa shape index (κ2) is 4.42. The van der Waals surface area contributed by atoms with E-state index in [9.17, 15) is 0 Å². The summed E-state index contributed by atoms with van der Waals surface area (Å²) in [4.78, 5) is 0. The summed E-state index contributed by atoms with van der Waals surface area (Å²) < 4.78 is 7.85. The molecule has 106 valence electrons. The van der Waals surface area contributed by atoms with Gasteiger partial charge in [0, 0.05) is 12.0 Å². The normalized spacial score (nSPS) is 20.3. The van der Waals surface area contributed by atoms with Crippen molar-refractivity contribution in [2.75, 3.05) is 5.73 Å². The summed E-state index contributed by atoms with van der Waals surface area (Å²) in [6, 6.07) is 8.06. The molecular weight excluding hydrogens is 274 g/mol. The van der Waals surface area contributed by atoms with Gasteiger partial charge >= 0.3 is 0 Å². The second-order valence-corrected chi connectivity index (χ2v) is 6.23. The van der Waals surface area contributed by atoms with Crippen LogP contribution in [-0.4, -0.2) is 15.4 Å². The van der Waals surface area contributed by atoms with E-state index in [0.717, 1.165) is 23.4 Å². The van der Waals surface area contributed by atoms with Crippen molar-refractivity contribution < 1.29 is 4.74 Å². The summed E-state index contributed by atoms with van der Waals surface area (Å²) in [5, 5.41) is 5.04. The van der Waals surface area contributed by atoms with E-state index in [4.69, 9.17) is 22.1 Å². The summed E-state index contributed by atoms with van der Waals surface area (Å²) >= 11 is 6.18. The molecule has 0 bridgehead atoms. The van der Waals surface area contributed by atoms with E-state index in [2.05, 4.69) is 25.0 Å². The largest absolute Gasteiger partial charge is 0.487 e. The van der Waals surface area contributed by atoms with Crippen molar-refractivity contribution in [2.45, 2.75) is 38.8 Å². The Morgan fingerprint density at radius 2 is 2.10 bits per heavy atom. The molecule has 1 unspecified atom stereocenters. The van der Waals surface area contributed by atoms with Crippen molar-refractivity contribution in [3.05, 3.63) is 40.5 Å². The fourth-order valence-corrected chi connectivity index (χ4v) is 2.89. The van der Waals surface area contributed by atoms with Crippen LogP contribution in [0, 0.1) is 6.92 Å². The number of nitrogens with zero attached hydrogens (tertiary/aromatic N) is 2. The highest BCUT2D eigenvalue weighted by atomic mass is 35.5. The summed E-state index contributed by atoms with van der Waals surface area (Å²) in [7, 11) is 0. The van der Waals surface area contributed by atoms with E-state index in [1.54, 1.807) is 0 Å². The maximum Gasteiger partial charge on any atom is 0.141 e.